The van der Waals surface area contributed by atoms with Gasteiger partial charge in [0.15, 0.2) is 5.78 Å². The van der Waals surface area contributed by atoms with Crippen molar-refractivity contribution in [3.05, 3.63) is 47.8 Å². The fourth-order valence-electron chi connectivity index (χ4n) is 2.01. The van der Waals surface area contributed by atoms with Crippen LogP contribution in [0.2, 0.25) is 0 Å². The molecule has 0 atom stereocenters. The normalized spacial score (nSPS) is 11.3. The van der Waals surface area contributed by atoms with E-state index < -0.39 is 15.9 Å². The average Bonchev–Trinajstić information content (AvgIpc) is 2.90. The molecule has 1 aromatic heterocycles. The Labute approximate surface area is 134 Å². The number of Topliss-reactive ketones (excluding diaryl/α,β-unsaturated/α-hetero) is 1. The molecule has 2 N–H and O–H groups in total. The number of carbonyl (C=O) groups is 2. The largest absolute Gasteiger partial charge is 0.345 e. The molecule has 0 spiro atoms. The number of rotatable bonds is 5. The van der Waals surface area contributed by atoms with Gasteiger partial charge in [-0.1, -0.05) is 0 Å². The van der Waals surface area contributed by atoms with Crippen LogP contribution in [0.1, 0.15) is 27.8 Å². The van der Waals surface area contributed by atoms with Gasteiger partial charge in [0.05, 0.1) is 0 Å². The molecule has 1 heterocycles. The van der Waals surface area contributed by atoms with Crippen LogP contribution in [-0.4, -0.2) is 31.7 Å². The Morgan fingerprint density at radius 3 is 2.26 bits per heavy atom. The Kier molecular flexibility index (Phi) is 4.67. The van der Waals surface area contributed by atoms with Crippen LogP contribution in [0.5, 0.6) is 0 Å². The molecule has 0 radical (unpaired) electrons. The van der Waals surface area contributed by atoms with E-state index in [1.165, 1.54) is 30.8 Å². The molecule has 0 aliphatic rings. The van der Waals surface area contributed by atoms with Crippen molar-refractivity contribution < 1.29 is 18.0 Å². The van der Waals surface area contributed by atoms with Crippen LogP contribution in [0, 0.1) is 0 Å². The average molecular weight is 335 g/mol. The summed E-state index contributed by atoms with van der Waals surface area (Å²) < 4.78 is 27.2. The number of carbonyl (C=O) groups excluding carboxylic acids is 2. The molecular formula is C15H17N3O4S. The molecule has 1 aromatic carbocycles. The van der Waals surface area contributed by atoms with E-state index in [1.807, 2.05) is 0 Å². The number of aromatic nitrogens is 1. The molecule has 23 heavy (non-hydrogen) atoms. The van der Waals surface area contributed by atoms with E-state index >= 15 is 0 Å². The Morgan fingerprint density at radius 1 is 1.13 bits per heavy atom. The van der Waals surface area contributed by atoms with Gasteiger partial charge in [0, 0.05) is 24.5 Å². The van der Waals surface area contributed by atoms with Crippen LogP contribution in [0.15, 0.2) is 41.4 Å². The SMILES string of the molecule is CNS(=O)(=O)c1cc(C(=O)Nc2ccc(C(C)=O)cc2)n(C)c1. The number of hydrogen-bond donors (Lipinski definition) is 2. The summed E-state index contributed by atoms with van der Waals surface area (Å²) in [5.74, 6) is -0.507. The molecule has 0 aliphatic heterocycles. The van der Waals surface area contributed by atoms with Crippen molar-refractivity contribution in [3.63, 3.8) is 0 Å². The summed E-state index contributed by atoms with van der Waals surface area (Å²) >= 11 is 0. The Bertz CT molecular complexity index is 851. The minimum absolute atomic E-state index is 0.0135. The summed E-state index contributed by atoms with van der Waals surface area (Å²) in [6, 6.07) is 7.75. The second-order valence-corrected chi connectivity index (χ2v) is 6.85. The minimum atomic E-state index is -3.61. The Morgan fingerprint density at radius 2 is 1.74 bits per heavy atom. The number of nitrogens with one attached hydrogen (secondary N) is 2. The first-order valence-corrected chi connectivity index (χ1v) is 8.25. The van der Waals surface area contributed by atoms with E-state index in [0.29, 0.717) is 11.3 Å². The maximum absolute atomic E-state index is 12.3. The van der Waals surface area contributed by atoms with Gasteiger partial charge in [0.1, 0.15) is 10.6 Å². The third-order valence-electron chi connectivity index (χ3n) is 3.34. The topological polar surface area (TPSA) is 97.3 Å². The van der Waals surface area contributed by atoms with Crippen LogP contribution in [-0.2, 0) is 17.1 Å². The quantitative estimate of drug-likeness (QED) is 0.807. The summed E-state index contributed by atoms with van der Waals surface area (Å²) in [5.41, 5.74) is 1.26. The zero-order valence-corrected chi connectivity index (χ0v) is 13.8. The van der Waals surface area contributed by atoms with E-state index in [4.69, 9.17) is 0 Å². The van der Waals surface area contributed by atoms with E-state index in [0.717, 1.165) is 0 Å². The summed E-state index contributed by atoms with van der Waals surface area (Å²) in [5, 5.41) is 2.66. The number of aryl methyl sites for hydroxylation is 1. The van der Waals surface area contributed by atoms with Crippen LogP contribution in [0.25, 0.3) is 0 Å². The van der Waals surface area contributed by atoms with Gasteiger partial charge < -0.3 is 9.88 Å². The summed E-state index contributed by atoms with van der Waals surface area (Å²) in [6.45, 7) is 1.46. The highest BCUT2D eigenvalue weighted by Gasteiger charge is 2.19. The highest BCUT2D eigenvalue weighted by molar-refractivity contribution is 7.89. The van der Waals surface area contributed by atoms with Gasteiger partial charge in [0.25, 0.3) is 5.91 Å². The summed E-state index contributed by atoms with van der Waals surface area (Å²) in [4.78, 5) is 23.5. The van der Waals surface area contributed by atoms with Gasteiger partial charge in [-0.3, -0.25) is 9.59 Å². The monoisotopic (exact) mass is 335 g/mol. The van der Waals surface area contributed by atoms with Crippen LogP contribution >= 0.6 is 0 Å². The number of amides is 1. The predicted octanol–water partition coefficient (Wildman–Crippen LogP) is 1.39. The number of benzene rings is 1. The Hall–Kier alpha value is -2.45. The zero-order chi connectivity index (χ0) is 17.2. The first-order chi connectivity index (χ1) is 10.7. The van der Waals surface area contributed by atoms with Crippen LogP contribution < -0.4 is 10.0 Å². The van der Waals surface area contributed by atoms with Crippen molar-refractivity contribution in [2.75, 3.05) is 12.4 Å². The molecule has 0 fully saturated rings. The van der Waals surface area contributed by atoms with Crippen molar-refractivity contribution in [3.8, 4) is 0 Å². The first-order valence-electron chi connectivity index (χ1n) is 6.77. The van der Waals surface area contributed by atoms with Crippen molar-refractivity contribution in [1.29, 1.82) is 0 Å². The van der Waals surface area contributed by atoms with Crippen molar-refractivity contribution in [1.82, 2.24) is 9.29 Å². The first kappa shape index (κ1) is 16.9. The van der Waals surface area contributed by atoms with Gasteiger partial charge in [-0.2, -0.15) is 0 Å². The van der Waals surface area contributed by atoms with E-state index in [1.54, 1.807) is 31.3 Å². The van der Waals surface area contributed by atoms with E-state index in [9.17, 15) is 18.0 Å². The fraction of sp³-hybridized carbons (Fsp3) is 0.200. The Balaban J connectivity index is 2.23. The molecule has 2 aromatic rings. The maximum Gasteiger partial charge on any atom is 0.272 e. The van der Waals surface area contributed by atoms with Crippen molar-refractivity contribution in [2.45, 2.75) is 11.8 Å². The molecule has 0 saturated heterocycles. The lowest BCUT2D eigenvalue weighted by Crippen LogP contribution is -2.18. The number of sulfonamides is 1. The molecule has 0 unspecified atom stereocenters. The van der Waals surface area contributed by atoms with Crippen LogP contribution in [0.3, 0.4) is 0 Å². The summed E-state index contributed by atoms with van der Waals surface area (Å²) in [7, 11) is -0.720. The van der Waals surface area contributed by atoms with Crippen molar-refractivity contribution >= 4 is 27.4 Å². The molecule has 0 aliphatic carbocycles. The summed E-state index contributed by atoms with van der Waals surface area (Å²) in [6.07, 6.45) is 1.36. The molecule has 8 heteroatoms. The highest BCUT2D eigenvalue weighted by atomic mass is 32.2. The predicted molar refractivity (Wildman–Crippen MR) is 86.1 cm³/mol. The second kappa shape index (κ2) is 6.35. The zero-order valence-electron chi connectivity index (χ0n) is 13.0. The molecular weight excluding hydrogens is 318 g/mol. The van der Waals surface area contributed by atoms with E-state index in [2.05, 4.69) is 10.0 Å². The highest BCUT2D eigenvalue weighted by Crippen LogP contribution is 2.16. The van der Waals surface area contributed by atoms with Gasteiger partial charge in [-0.05, 0) is 44.3 Å². The molecule has 0 bridgehead atoms. The lowest BCUT2D eigenvalue weighted by molar-refractivity contribution is 0.101. The van der Waals surface area contributed by atoms with E-state index in [-0.39, 0.29) is 16.4 Å². The fourth-order valence-corrected chi connectivity index (χ4v) is 2.81. The molecule has 2 rings (SSSR count). The number of hydrogen-bond acceptors (Lipinski definition) is 4. The lowest BCUT2D eigenvalue weighted by atomic mass is 10.1. The molecule has 7 nitrogen and oxygen atoms in total. The molecule has 0 saturated carbocycles. The van der Waals surface area contributed by atoms with Gasteiger partial charge in [-0.15, -0.1) is 0 Å². The number of nitrogens with zero attached hydrogens (tertiary/aromatic N) is 1. The number of anilines is 1. The van der Waals surface area contributed by atoms with Gasteiger partial charge >= 0.3 is 0 Å². The maximum atomic E-state index is 12.3. The third kappa shape index (κ3) is 3.66. The number of ketones is 1. The van der Waals surface area contributed by atoms with Crippen LogP contribution in [0.4, 0.5) is 5.69 Å². The standard InChI is InChI=1S/C15H17N3O4S/c1-10(19)11-4-6-12(7-5-11)17-15(20)14-8-13(9-18(14)3)23(21,22)16-2/h4-9,16H,1-3H3,(H,17,20). The van der Waals surface area contributed by atoms with Crippen molar-refractivity contribution in [2.24, 2.45) is 7.05 Å². The third-order valence-corrected chi connectivity index (χ3v) is 4.72. The lowest BCUT2D eigenvalue weighted by Gasteiger charge is -2.06. The van der Waals surface area contributed by atoms with Gasteiger partial charge in [-0.25, -0.2) is 13.1 Å². The molecule has 122 valence electrons. The second-order valence-electron chi connectivity index (χ2n) is 4.97. The minimum Gasteiger partial charge on any atom is -0.345 e. The molecule has 1 amide bonds. The smallest absolute Gasteiger partial charge is 0.272 e. The van der Waals surface area contributed by atoms with Gasteiger partial charge in [0.2, 0.25) is 10.0 Å².